The quantitative estimate of drug-likeness (QED) is 0.631. The normalized spacial score (nSPS) is 18.3. The molecule has 1 aromatic heterocycles. The highest BCUT2D eigenvalue weighted by molar-refractivity contribution is 7.99. The second-order valence-corrected chi connectivity index (χ2v) is 10.6. The van der Waals surface area contributed by atoms with E-state index in [1.54, 1.807) is 11.9 Å². The number of nitrogens with zero attached hydrogens (tertiary/aromatic N) is 3. The topological polar surface area (TPSA) is 93.4 Å². The molecule has 3 rings (SSSR count). The lowest BCUT2D eigenvalue weighted by atomic mass is 10.1. The molecular weight excluding hydrogens is 398 g/mol. The lowest BCUT2D eigenvalue weighted by molar-refractivity contribution is -0.127. The van der Waals surface area contributed by atoms with Gasteiger partial charge in [0.1, 0.15) is 0 Å². The van der Waals surface area contributed by atoms with Crippen molar-refractivity contribution in [3.63, 3.8) is 0 Å². The van der Waals surface area contributed by atoms with Crippen LogP contribution < -0.4 is 0 Å². The van der Waals surface area contributed by atoms with Gasteiger partial charge in [0.05, 0.1) is 17.3 Å². The van der Waals surface area contributed by atoms with Crippen LogP contribution in [0.15, 0.2) is 27.8 Å². The van der Waals surface area contributed by atoms with E-state index in [-0.39, 0.29) is 29.1 Å². The summed E-state index contributed by atoms with van der Waals surface area (Å²) in [5.74, 6) is 1.07. The first-order valence-electron chi connectivity index (χ1n) is 9.17. The lowest BCUT2D eigenvalue weighted by Gasteiger charge is -2.18. The Morgan fingerprint density at radius 2 is 2.11 bits per heavy atom. The predicted octanol–water partition coefficient (Wildman–Crippen LogP) is 2.41. The Bertz CT molecular complexity index is 956. The van der Waals surface area contributed by atoms with Crippen LogP contribution in [0.2, 0.25) is 0 Å². The van der Waals surface area contributed by atoms with E-state index in [9.17, 15) is 13.2 Å². The summed E-state index contributed by atoms with van der Waals surface area (Å²) in [5, 5.41) is 8.28. The molecule has 0 saturated carbocycles. The maximum absolute atomic E-state index is 12.4. The van der Waals surface area contributed by atoms with Crippen molar-refractivity contribution in [3.05, 3.63) is 40.8 Å². The van der Waals surface area contributed by atoms with Crippen LogP contribution in [-0.2, 0) is 27.6 Å². The molecule has 0 aliphatic carbocycles. The molecule has 1 aliphatic rings. The Hall–Kier alpha value is -1.87. The molecule has 1 unspecified atom stereocenters. The molecule has 1 fully saturated rings. The molecule has 0 radical (unpaired) electrons. The van der Waals surface area contributed by atoms with Gasteiger partial charge in [-0.15, -0.1) is 10.2 Å². The summed E-state index contributed by atoms with van der Waals surface area (Å²) >= 11 is 1.20. The van der Waals surface area contributed by atoms with Crippen LogP contribution in [0.4, 0.5) is 0 Å². The lowest BCUT2D eigenvalue weighted by Crippen LogP contribution is -2.28. The smallest absolute Gasteiger partial charge is 0.277 e. The third-order valence-corrected chi connectivity index (χ3v) is 7.53. The van der Waals surface area contributed by atoms with Crippen molar-refractivity contribution in [2.45, 2.75) is 38.5 Å². The van der Waals surface area contributed by atoms with E-state index in [2.05, 4.69) is 22.3 Å². The van der Waals surface area contributed by atoms with Crippen molar-refractivity contribution < 1.29 is 17.6 Å². The van der Waals surface area contributed by atoms with Crippen LogP contribution in [0.3, 0.4) is 0 Å². The van der Waals surface area contributed by atoms with E-state index >= 15 is 0 Å². The van der Waals surface area contributed by atoms with Crippen molar-refractivity contribution in [3.8, 4) is 0 Å². The van der Waals surface area contributed by atoms with E-state index in [0.717, 1.165) is 5.56 Å². The summed E-state index contributed by atoms with van der Waals surface area (Å²) in [6.45, 7) is 4.65. The summed E-state index contributed by atoms with van der Waals surface area (Å²) in [6, 6.07) is 6.21. The third kappa shape index (κ3) is 5.57. The third-order valence-electron chi connectivity index (χ3n) is 4.89. The largest absolute Gasteiger partial charge is 0.416 e. The Kier molecular flexibility index (Phi) is 6.44. The van der Waals surface area contributed by atoms with Gasteiger partial charge in [0.25, 0.3) is 5.22 Å². The van der Waals surface area contributed by atoms with Crippen LogP contribution in [0.1, 0.15) is 29.0 Å². The first-order chi connectivity index (χ1) is 13.2. The molecule has 9 heteroatoms. The molecule has 7 nitrogen and oxygen atoms in total. The molecule has 1 saturated heterocycles. The number of amides is 1. The molecular formula is C19H25N3O4S2. The number of rotatable bonds is 7. The zero-order chi connectivity index (χ0) is 20.3. The Morgan fingerprint density at radius 1 is 1.32 bits per heavy atom. The number of sulfone groups is 1. The van der Waals surface area contributed by atoms with Crippen LogP contribution in [0.5, 0.6) is 0 Å². The van der Waals surface area contributed by atoms with Crippen LogP contribution >= 0.6 is 11.8 Å². The van der Waals surface area contributed by atoms with Gasteiger partial charge in [0.15, 0.2) is 9.84 Å². The molecule has 0 N–H and O–H groups in total. The monoisotopic (exact) mass is 423 g/mol. The highest BCUT2D eigenvalue weighted by Gasteiger charge is 2.29. The number of aromatic nitrogens is 2. The minimum Gasteiger partial charge on any atom is -0.416 e. The summed E-state index contributed by atoms with van der Waals surface area (Å²) in [7, 11) is -1.14. The summed E-state index contributed by atoms with van der Waals surface area (Å²) in [4.78, 5) is 14.1. The first-order valence-corrected chi connectivity index (χ1v) is 12.0. The molecule has 1 aromatic carbocycles. The minimum absolute atomic E-state index is 0.0217. The Labute approximate surface area is 169 Å². The highest BCUT2D eigenvalue weighted by atomic mass is 32.2. The number of aryl methyl sites for hydroxylation is 2. The molecule has 2 aromatic rings. The molecule has 0 bridgehead atoms. The number of hydrogen-bond acceptors (Lipinski definition) is 7. The summed E-state index contributed by atoms with van der Waals surface area (Å²) in [5.41, 5.74) is 3.49. The van der Waals surface area contributed by atoms with Crippen molar-refractivity contribution in [2.24, 2.45) is 5.92 Å². The number of hydrogen-bond donors (Lipinski definition) is 0. The van der Waals surface area contributed by atoms with Crippen molar-refractivity contribution in [2.75, 3.05) is 24.3 Å². The fraction of sp³-hybridized carbons (Fsp3) is 0.526. The molecule has 1 amide bonds. The van der Waals surface area contributed by atoms with E-state index in [4.69, 9.17) is 4.42 Å². The molecule has 0 spiro atoms. The van der Waals surface area contributed by atoms with Crippen molar-refractivity contribution in [1.29, 1.82) is 0 Å². The maximum Gasteiger partial charge on any atom is 0.277 e. The predicted molar refractivity (Wildman–Crippen MR) is 108 cm³/mol. The zero-order valence-corrected chi connectivity index (χ0v) is 18.0. The highest BCUT2D eigenvalue weighted by Crippen LogP contribution is 2.24. The van der Waals surface area contributed by atoms with Gasteiger partial charge in [0.2, 0.25) is 11.8 Å². The Morgan fingerprint density at radius 3 is 2.79 bits per heavy atom. The summed E-state index contributed by atoms with van der Waals surface area (Å²) in [6.07, 6.45) is 1.10. The molecule has 152 valence electrons. The fourth-order valence-electron chi connectivity index (χ4n) is 3.26. The molecule has 28 heavy (non-hydrogen) atoms. The van der Waals surface area contributed by atoms with E-state index in [1.807, 2.05) is 19.9 Å². The van der Waals surface area contributed by atoms with Gasteiger partial charge in [-0.2, -0.15) is 0 Å². The minimum atomic E-state index is -2.92. The van der Waals surface area contributed by atoms with Crippen LogP contribution in [0, 0.1) is 19.8 Å². The van der Waals surface area contributed by atoms with Crippen LogP contribution in [-0.4, -0.2) is 53.7 Å². The number of benzene rings is 1. The fourth-order valence-corrected chi connectivity index (χ4v) is 5.84. The van der Waals surface area contributed by atoms with Gasteiger partial charge >= 0.3 is 0 Å². The van der Waals surface area contributed by atoms with Gasteiger partial charge in [-0.05, 0) is 37.3 Å². The Balaban J connectivity index is 1.48. The summed E-state index contributed by atoms with van der Waals surface area (Å²) < 4.78 is 28.6. The molecule has 1 atom stereocenters. The number of carbonyl (C=O) groups is 1. The SMILES string of the molecule is Cc1ccc(CN(C)C(=O)CSc2nnc(CC3CCS(=O)(=O)C3)o2)c(C)c1. The second-order valence-electron chi connectivity index (χ2n) is 7.40. The zero-order valence-electron chi connectivity index (χ0n) is 16.3. The van der Waals surface area contributed by atoms with Gasteiger partial charge in [0, 0.05) is 20.0 Å². The molecule has 1 aliphatic heterocycles. The molecule has 2 heterocycles. The second kappa shape index (κ2) is 8.65. The maximum atomic E-state index is 12.4. The van der Waals surface area contributed by atoms with E-state index in [0.29, 0.717) is 30.5 Å². The van der Waals surface area contributed by atoms with Crippen molar-refractivity contribution >= 4 is 27.5 Å². The van der Waals surface area contributed by atoms with Crippen LogP contribution in [0.25, 0.3) is 0 Å². The average molecular weight is 424 g/mol. The number of thioether (sulfide) groups is 1. The average Bonchev–Trinajstić information content (AvgIpc) is 3.21. The van der Waals surface area contributed by atoms with Gasteiger partial charge in [-0.25, -0.2) is 8.42 Å². The van der Waals surface area contributed by atoms with Crippen molar-refractivity contribution in [1.82, 2.24) is 15.1 Å². The van der Waals surface area contributed by atoms with Gasteiger partial charge in [-0.1, -0.05) is 35.5 Å². The number of carbonyl (C=O) groups excluding carboxylic acids is 1. The van der Waals surface area contributed by atoms with E-state index in [1.165, 1.54) is 22.9 Å². The first kappa shape index (κ1) is 20.9. The standard InChI is InChI=1S/C19H25N3O4S2/c1-13-4-5-16(14(2)8-13)10-22(3)18(23)11-27-19-21-20-17(26-19)9-15-6-7-28(24,25)12-15/h4-5,8,15H,6-7,9-12H2,1-3H3. The van der Waals surface area contributed by atoms with Gasteiger partial charge in [-0.3, -0.25) is 4.79 Å². The van der Waals surface area contributed by atoms with Gasteiger partial charge < -0.3 is 9.32 Å². The van der Waals surface area contributed by atoms with E-state index < -0.39 is 9.84 Å².